The van der Waals surface area contributed by atoms with Crippen LogP contribution < -0.4 is 16.0 Å². The molecular weight excluding hydrogens is 657 g/mol. The third kappa shape index (κ3) is 9.12. The summed E-state index contributed by atoms with van der Waals surface area (Å²) in [6.45, 7) is 1.85. The molecule has 0 aromatic heterocycles. The van der Waals surface area contributed by atoms with E-state index >= 15 is 0 Å². The number of carbonyl (C=O) groups excluding carboxylic acids is 3. The molecule has 0 aliphatic carbocycles. The third-order valence-electron chi connectivity index (χ3n) is 6.31. The molecule has 3 amide bonds. The van der Waals surface area contributed by atoms with Crippen LogP contribution >= 0.6 is 46.6 Å². The van der Waals surface area contributed by atoms with Crippen LogP contribution in [0.3, 0.4) is 0 Å². The minimum absolute atomic E-state index is 0.0633. The number of carboxylic acids is 1. The molecule has 0 fully saturated rings. The minimum atomic E-state index is -1.20. The summed E-state index contributed by atoms with van der Waals surface area (Å²) < 4.78 is 0. The van der Waals surface area contributed by atoms with Crippen molar-refractivity contribution in [3.8, 4) is 0 Å². The first kappa shape index (κ1) is 33.6. The lowest BCUT2D eigenvalue weighted by molar-refractivity contribution is -0.116. The fraction of sp³-hybridized carbons (Fsp3) is 0.0909. The summed E-state index contributed by atoms with van der Waals surface area (Å²) in [7, 11) is 0. The fourth-order valence-electron chi connectivity index (χ4n) is 4.06. The summed E-state index contributed by atoms with van der Waals surface area (Å²) in [6.07, 6.45) is 1.87. The molecule has 0 radical (unpaired) electrons. The molecule has 8 nitrogen and oxygen atoms in total. The van der Waals surface area contributed by atoms with E-state index in [0.29, 0.717) is 43.9 Å². The van der Waals surface area contributed by atoms with Crippen LogP contribution in [0.2, 0.25) is 15.1 Å². The van der Waals surface area contributed by atoms with E-state index in [4.69, 9.17) is 34.8 Å². The van der Waals surface area contributed by atoms with Crippen LogP contribution in [0.25, 0.3) is 6.08 Å². The zero-order valence-electron chi connectivity index (χ0n) is 23.6. The van der Waals surface area contributed by atoms with Gasteiger partial charge < -0.3 is 21.1 Å². The van der Waals surface area contributed by atoms with Gasteiger partial charge in [-0.1, -0.05) is 72.1 Å². The number of aromatic carboxylic acids is 1. The Balaban J connectivity index is 1.52. The maximum Gasteiger partial charge on any atom is 0.337 e. The lowest BCUT2D eigenvalue weighted by Gasteiger charge is -2.16. The Labute approximate surface area is 278 Å². The molecule has 0 heterocycles. The molecule has 0 bridgehead atoms. The number of carboxylic acid groups (broad SMARTS) is 1. The van der Waals surface area contributed by atoms with Gasteiger partial charge >= 0.3 is 5.97 Å². The molecule has 12 heteroatoms. The predicted molar refractivity (Wildman–Crippen MR) is 180 cm³/mol. The predicted octanol–water partition coefficient (Wildman–Crippen LogP) is 8.26. The van der Waals surface area contributed by atoms with E-state index in [9.17, 15) is 24.3 Å². The summed E-state index contributed by atoms with van der Waals surface area (Å²) in [6, 6.07) is 24.4. The van der Waals surface area contributed by atoms with Crippen LogP contribution in [-0.4, -0.2) is 34.0 Å². The number of nitrogens with one attached hydrogen (secondary N) is 3. The molecule has 4 N–H and O–H groups in total. The quantitative estimate of drug-likeness (QED) is 0.0933. The number of hydrogen-bond acceptors (Lipinski definition) is 5. The second-order valence-electron chi connectivity index (χ2n) is 9.50. The summed E-state index contributed by atoms with van der Waals surface area (Å²) >= 11 is 19.9. The number of anilines is 2. The number of benzene rings is 4. The van der Waals surface area contributed by atoms with Crippen LogP contribution in [0.15, 0.2) is 102 Å². The highest BCUT2D eigenvalue weighted by atomic mass is 35.5. The van der Waals surface area contributed by atoms with E-state index in [2.05, 4.69) is 16.0 Å². The largest absolute Gasteiger partial charge is 0.478 e. The number of rotatable bonds is 11. The van der Waals surface area contributed by atoms with Crippen LogP contribution in [0, 0.1) is 0 Å². The van der Waals surface area contributed by atoms with Gasteiger partial charge in [0, 0.05) is 37.4 Å². The van der Waals surface area contributed by atoms with Crippen molar-refractivity contribution < 1.29 is 24.3 Å². The lowest BCUT2D eigenvalue weighted by atomic mass is 10.1. The van der Waals surface area contributed by atoms with Gasteiger partial charge in [-0.2, -0.15) is 0 Å². The lowest BCUT2D eigenvalue weighted by Crippen LogP contribution is -2.30. The zero-order chi connectivity index (χ0) is 32.5. The molecule has 45 heavy (non-hydrogen) atoms. The second-order valence-corrected chi connectivity index (χ2v) is 12.0. The van der Waals surface area contributed by atoms with Crippen molar-refractivity contribution >= 4 is 87.7 Å². The molecule has 4 aromatic carbocycles. The van der Waals surface area contributed by atoms with Crippen molar-refractivity contribution in [2.45, 2.75) is 23.5 Å². The van der Waals surface area contributed by atoms with E-state index in [1.165, 1.54) is 36.0 Å². The van der Waals surface area contributed by atoms with E-state index < -0.39 is 23.0 Å². The smallest absolute Gasteiger partial charge is 0.337 e. The maximum atomic E-state index is 13.5. The molecule has 230 valence electrons. The molecule has 0 aliphatic heterocycles. The van der Waals surface area contributed by atoms with Crippen molar-refractivity contribution in [3.05, 3.63) is 128 Å². The number of hydrogen-bond donors (Lipinski definition) is 4. The van der Waals surface area contributed by atoms with Gasteiger partial charge in [0.1, 0.15) is 5.70 Å². The van der Waals surface area contributed by atoms with E-state index in [1.54, 1.807) is 72.8 Å². The van der Waals surface area contributed by atoms with Gasteiger partial charge in [0.25, 0.3) is 11.8 Å². The van der Waals surface area contributed by atoms with Gasteiger partial charge in [-0.3, -0.25) is 14.4 Å². The Morgan fingerprint density at radius 3 is 2.13 bits per heavy atom. The van der Waals surface area contributed by atoms with Gasteiger partial charge in [-0.25, -0.2) is 4.79 Å². The third-order valence-corrected chi connectivity index (χ3v) is 8.66. The van der Waals surface area contributed by atoms with Gasteiger partial charge in [-0.05, 0) is 73.2 Å². The normalized spacial score (nSPS) is 11.8. The van der Waals surface area contributed by atoms with Crippen LogP contribution in [0.5, 0.6) is 0 Å². The number of carbonyl (C=O) groups is 4. The average Bonchev–Trinajstić information content (AvgIpc) is 3.02. The standard InChI is InChI=1S/C33H26Cl3N3O5S/c1-2-29(32(42)38-21-14-15-27(36)24(17-21)33(43)44)45-22-11-6-10-20(16-22)37-31(41)28(18-23-25(34)12-7-13-26(23)35)39-30(40)19-8-4-3-5-9-19/h3-18,29H,2H2,1H3,(H,37,41)(H,38,42)(H,39,40)(H,43,44)/b28-18+. The number of amides is 3. The first-order valence-corrected chi connectivity index (χ1v) is 15.5. The fourth-order valence-corrected chi connectivity index (χ4v) is 5.78. The number of thioether (sulfide) groups is 1. The Bertz CT molecular complexity index is 1760. The van der Waals surface area contributed by atoms with Crippen molar-refractivity contribution in [2.24, 2.45) is 0 Å². The Kier molecular flexibility index (Phi) is 11.7. The molecule has 4 aromatic rings. The summed E-state index contributed by atoms with van der Waals surface area (Å²) in [5, 5.41) is 17.6. The van der Waals surface area contributed by atoms with Crippen molar-refractivity contribution in [2.75, 3.05) is 10.6 Å². The minimum Gasteiger partial charge on any atom is -0.478 e. The maximum absolute atomic E-state index is 13.5. The monoisotopic (exact) mass is 681 g/mol. The van der Waals surface area contributed by atoms with Gasteiger partial charge in [0.2, 0.25) is 5.91 Å². The molecule has 0 aliphatic rings. The molecule has 1 atom stereocenters. The highest BCUT2D eigenvalue weighted by molar-refractivity contribution is 8.00. The van der Waals surface area contributed by atoms with Gasteiger partial charge in [-0.15, -0.1) is 11.8 Å². The number of halogens is 3. The SMILES string of the molecule is CCC(Sc1cccc(NC(=O)/C(=C\c2c(Cl)cccc2Cl)NC(=O)c2ccccc2)c1)C(=O)Nc1ccc(Cl)c(C(=O)O)c1. The van der Waals surface area contributed by atoms with Crippen molar-refractivity contribution in [1.82, 2.24) is 5.32 Å². The molecule has 0 spiro atoms. The summed E-state index contributed by atoms with van der Waals surface area (Å²) in [5.41, 5.74) is 1.21. The molecule has 0 saturated heterocycles. The molecule has 0 saturated carbocycles. The van der Waals surface area contributed by atoms with Gasteiger partial charge in [0.05, 0.1) is 15.8 Å². The van der Waals surface area contributed by atoms with Crippen LogP contribution in [0.1, 0.15) is 39.6 Å². The van der Waals surface area contributed by atoms with E-state index in [1.807, 2.05) is 6.92 Å². The van der Waals surface area contributed by atoms with Gasteiger partial charge in [0.15, 0.2) is 0 Å². The van der Waals surface area contributed by atoms with E-state index in [0.717, 1.165) is 0 Å². The first-order chi connectivity index (χ1) is 21.5. The highest BCUT2D eigenvalue weighted by Gasteiger charge is 2.21. The Hall–Kier alpha value is -4.28. The summed E-state index contributed by atoms with van der Waals surface area (Å²) in [5.74, 6) is -2.67. The molecule has 1 unspecified atom stereocenters. The van der Waals surface area contributed by atoms with Crippen molar-refractivity contribution in [3.63, 3.8) is 0 Å². The van der Waals surface area contributed by atoms with E-state index in [-0.39, 0.29) is 22.2 Å². The van der Waals surface area contributed by atoms with Crippen LogP contribution in [0.4, 0.5) is 11.4 Å². The second kappa shape index (κ2) is 15.6. The van der Waals surface area contributed by atoms with Crippen molar-refractivity contribution in [1.29, 1.82) is 0 Å². The first-order valence-electron chi connectivity index (χ1n) is 13.5. The molecular formula is C33H26Cl3N3O5S. The Morgan fingerprint density at radius 2 is 1.47 bits per heavy atom. The topological polar surface area (TPSA) is 125 Å². The molecule has 4 rings (SSSR count). The average molecular weight is 683 g/mol. The zero-order valence-corrected chi connectivity index (χ0v) is 26.7. The Morgan fingerprint density at radius 1 is 0.800 bits per heavy atom. The summed E-state index contributed by atoms with van der Waals surface area (Å²) in [4.78, 5) is 51.6. The highest BCUT2D eigenvalue weighted by Crippen LogP contribution is 2.30. The van der Waals surface area contributed by atoms with Crippen LogP contribution in [-0.2, 0) is 9.59 Å².